The molecule has 0 bridgehead atoms. The van der Waals surface area contributed by atoms with Crippen molar-refractivity contribution in [3.63, 3.8) is 0 Å². The van der Waals surface area contributed by atoms with Crippen LogP contribution in [0.5, 0.6) is 0 Å². The molecule has 3 heterocycles. The minimum Gasteiger partial charge on any atom is -0.430 e. The zero-order valence-corrected chi connectivity index (χ0v) is 25.9. The van der Waals surface area contributed by atoms with Crippen LogP contribution >= 0.6 is 0 Å². The van der Waals surface area contributed by atoms with E-state index in [9.17, 15) is 40.3 Å². The molecule has 6 rings (SSSR count). The SMILES string of the molecule is O=C(CCCCC[n+]1c(-c2nc3c(o2)c(S(=O)(=O)O)cc2cc(S(=O)(=O)O)ccc23)ccc2ccccc21)CN1C(=O)CCC1=O. The van der Waals surface area contributed by atoms with E-state index in [1.54, 1.807) is 6.07 Å². The fraction of sp³-hybridized carbons (Fsp3) is 0.258. The lowest BCUT2D eigenvalue weighted by Gasteiger charge is -2.12. The average Bonchev–Trinajstić information content (AvgIpc) is 3.58. The average molecular weight is 667 g/mol. The van der Waals surface area contributed by atoms with Gasteiger partial charge < -0.3 is 4.42 Å². The Morgan fingerprint density at radius 1 is 0.870 bits per heavy atom. The summed E-state index contributed by atoms with van der Waals surface area (Å²) in [4.78, 5) is 40.6. The summed E-state index contributed by atoms with van der Waals surface area (Å²) in [5.41, 5.74) is 1.18. The van der Waals surface area contributed by atoms with E-state index in [2.05, 4.69) is 4.98 Å². The van der Waals surface area contributed by atoms with Crippen LogP contribution in [0.4, 0.5) is 0 Å². The second kappa shape index (κ2) is 12.0. The number of Topliss-reactive ketones (excluding diaryl/α,β-unsaturated/α-hetero) is 1. The molecule has 0 saturated carbocycles. The number of imide groups is 1. The van der Waals surface area contributed by atoms with Gasteiger partial charge in [0, 0.05) is 48.6 Å². The van der Waals surface area contributed by atoms with Crippen LogP contribution in [0.25, 0.3) is 44.4 Å². The van der Waals surface area contributed by atoms with Gasteiger partial charge in [0.05, 0.1) is 11.4 Å². The quantitative estimate of drug-likeness (QED) is 0.0900. The van der Waals surface area contributed by atoms with E-state index in [4.69, 9.17) is 4.42 Å². The number of aryl methyl sites for hydroxylation is 1. The number of unbranched alkanes of at least 4 members (excludes halogenated alkanes) is 2. The van der Waals surface area contributed by atoms with Gasteiger partial charge in [0.2, 0.25) is 17.3 Å². The first-order chi connectivity index (χ1) is 21.8. The molecule has 1 fully saturated rings. The van der Waals surface area contributed by atoms with Gasteiger partial charge in [-0.1, -0.05) is 18.2 Å². The number of likely N-dealkylation sites (tertiary alicyclic amines) is 1. The number of fused-ring (bicyclic) bond motifs is 4. The largest absolute Gasteiger partial charge is 0.430 e. The summed E-state index contributed by atoms with van der Waals surface area (Å²) in [6.07, 6.45) is 2.34. The first-order valence-electron chi connectivity index (χ1n) is 14.4. The number of aromatic nitrogens is 2. The third kappa shape index (κ3) is 6.13. The van der Waals surface area contributed by atoms with Crippen LogP contribution in [-0.4, -0.2) is 60.0 Å². The molecular formula is C31H28N3O10S2+. The summed E-state index contributed by atoms with van der Waals surface area (Å²) < 4.78 is 75.6. The monoisotopic (exact) mass is 666 g/mol. The number of pyridine rings is 1. The van der Waals surface area contributed by atoms with Gasteiger partial charge in [-0.05, 0) is 48.6 Å². The summed E-state index contributed by atoms with van der Waals surface area (Å²) in [5, 5.41) is 1.34. The lowest BCUT2D eigenvalue weighted by Crippen LogP contribution is -2.37. The third-order valence-corrected chi connectivity index (χ3v) is 9.69. The van der Waals surface area contributed by atoms with Crippen molar-refractivity contribution < 1.29 is 49.3 Å². The highest BCUT2D eigenvalue weighted by atomic mass is 32.2. The number of nitrogens with zero attached hydrogens (tertiary/aromatic N) is 3. The first-order valence-corrected chi connectivity index (χ1v) is 17.3. The number of para-hydroxylation sites is 1. The Morgan fingerprint density at radius 2 is 1.61 bits per heavy atom. The van der Waals surface area contributed by atoms with Gasteiger partial charge in [-0.25, -0.2) is 4.98 Å². The number of carbonyl (C=O) groups is 3. The molecule has 2 amide bonds. The number of carbonyl (C=O) groups excluding carboxylic acids is 3. The number of amides is 2. The minimum atomic E-state index is -4.84. The highest BCUT2D eigenvalue weighted by Gasteiger charge is 2.30. The number of hydrogen-bond donors (Lipinski definition) is 2. The number of rotatable bonds is 11. The molecule has 13 nitrogen and oxygen atoms in total. The summed E-state index contributed by atoms with van der Waals surface area (Å²) in [6, 6.07) is 15.9. The van der Waals surface area contributed by atoms with Gasteiger partial charge in [-0.3, -0.25) is 28.4 Å². The maximum Gasteiger partial charge on any atom is 0.298 e. The van der Waals surface area contributed by atoms with Gasteiger partial charge in [0.15, 0.2) is 11.4 Å². The van der Waals surface area contributed by atoms with E-state index >= 15 is 0 Å². The molecule has 238 valence electrons. The standard InChI is InChI=1S/C31H27N3O10S2/c35-21(18-34-27(36)13-14-28(34)37)7-2-1-5-15-33-24-8-4-3-6-19(24)9-12-25(33)31-32-29-23-11-10-22(45(38,39)40)16-20(23)17-26(30(29)44-31)46(41,42)43/h3-4,6,8-12,16-17H,1-2,5,7,13-15,18H2,(H-,38,39,40,41,42,43)/p+1. The summed E-state index contributed by atoms with van der Waals surface area (Å²) >= 11 is 0. The molecular weight excluding hydrogens is 638 g/mol. The minimum absolute atomic E-state index is 0.0483. The molecule has 3 aromatic carbocycles. The van der Waals surface area contributed by atoms with Crippen molar-refractivity contribution >= 4 is 70.6 Å². The topological polar surface area (TPSA) is 193 Å². The van der Waals surface area contributed by atoms with Gasteiger partial charge in [0.1, 0.15) is 17.0 Å². The van der Waals surface area contributed by atoms with Gasteiger partial charge in [-0.2, -0.15) is 21.4 Å². The van der Waals surface area contributed by atoms with Crippen LogP contribution in [0.1, 0.15) is 38.5 Å². The zero-order valence-electron chi connectivity index (χ0n) is 24.2. The van der Waals surface area contributed by atoms with Crippen LogP contribution in [0, 0.1) is 0 Å². The maximum absolute atomic E-state index is 12.4. The highest BCUT2D eigenvalue weighted by molar-refractivity contribution is 7.86. The molecule has 15 heteroatoms. The molecule has 2 N–H and O–H groups in total. The van der Waals surface area contributed by atoms with E-state index < -0.39 is 30.0 Å². The Bertz CT molecular complexity index is 2280. The summed E-state index contributed by atoms with van der Waals surface area (Å²) in [5.74, 6) is -0.778. The number of benzene rings is 3. The van der Waals surface area contributed by atoms with E-state index in [0.717, 1.165) is 34.0 Å². The predicted molar refractivity (Wildman–Crippen MR) is 164 cm³/mol. The van der Waals surface area contributed by atoms with Crippen LogP contribution in [0.2, 0.25) is 0 Å². The van der Waals surface area contributed by atoms with Crippen molar-refractivity contribution in [1.29, 1.82) is 0 Å². The third-order valence-electron chi connectivity index (χ3n) is 7.98. The van der Waals surface area contributed by atoms with E-state index in [-0.39, 0.29) is 65.8 Å². The van der Waals surface area contributed by atoms with E-state index in [1.807, 2.05) is 34.9 Å². The normalized spacial score (nSPS) is 14.3. The van der Waals surface area contributed by atoms with Crippen molar-refractivity contribution in [3.8, 4) is 11.6 Å². The van der Waals surface area contributed by atoms with Crippen molar-refractivity contribution in [1.82, 2.24) is 9.88 Å². The van der Waals surface area contributed by atoms with Crippen molar-refractivity contribution in [2.75, 3.05) is 6.54 Å². The van der Waals surface area contributed by atoms with Crippen LogP contribution in [-0.2, 0) is 41.2 Å². The fourth-order valence-electron chi connectivity index (χ4n) is 5.73. The zero-order chi connectivity index (χ0) is 32.8. The molecule has 0 aliphatic carbocycles. The molecule has 1 aliphatic heterocycles. The second-order valence-corrected chi connectivity index (χ2v) is 13.9. The van der Waals surface area contributed by atoms with Gasteiger partial charge >= 0.3 is 0 Å². The Morgan fingerprint density at radius 3 is 2.33 bits per heavy atom. The summed E-state index contributed by atoms with van der Waals surface area (Å²) in [7, 11) is -9.44. The predicted octanol–water partition coefficient (Wildman–Crippen LogP) is 3.86. The van der Waals surface area contributed by atoms with Crippen molar-refractivity contribution in [2.24, 2.45) is 0 Å². The van der Waals surface area contributed by atoms with Gasteiger partial charge in [0.25, 0.3) is 31.8 Å². The van der Waals surface area contributed by atoms with Crippen LogP contribution < -0.4 is 4.57 Å². The molecule has 2 aromatic heterocycles. The number of ketones is 1. The number of hydrogen-bond acceptors (Lipinski definition) is 9. The number of oxazole rings is 1. The molecule has 1 saturated heterocycles. The second-order valence-electron chi connectivity index (χ2n) is 11.1. The van der Waals surface area contributed by atoms with E-state index in [1.165, 1.54) is 6.07 Å². The Kier molecular flexibility index (Phi) is 8.18. The molecule has 0 spiro atoms. The Labute approximate surface area is 262 Å². The lowest BCUT2D eigenvalue weighted by molar-refractivity contribution is -0.661. The summed E-state index contributed by atoms with van der Waals surface area (Å²) in [6.45, 7) is 0.269. The Balaban J connectivity index is 1.32. The molecule has 5 aromatic rings. The fourth-order valence-corrected chi connectivity index (χ4v) is 6.89. The van der Waals surface area contributed by atoms with Crippen molar-refractivity contribution in [3.05, 3.63) is 60.7 Å². The first kappa shape index (κ1) is 31.4. The van der Waals surface area contributed by atoms with Crippen LogP contribution in [0.15, 0.2) is 74.9 Å². The smallest absolute Gasteiger partial charge is 0.298 e. The molecule has 0 radical (unpaired) electrons. The van der Waals surface area contributed by atoms with E-state index in [0.29, 0.717) is 36.9 Å². The van der Waals surface area contributed by atoms with Crippen LogP contribution in [0.3, 0.4) is 0 Å². The molecule has 1 aliphatic rings. The van der Waals surface area contributed by atoms with Crippen molar-refractivity contribution in [2.45, 2.75) is 54.9 Å². The molecule has 0 unspecified atom stereocenters. The Hall–Kier alpha value is -4.57. The van der Waals surface area contributed by atoms with Gasteiger partial charge in [-0.15, -0.1) is 0 Å². The highest BCUT2D eigenvalue weighted by Crippen LogP contribution is 2.35. The molecule has 46 heavy (non-hydrogen) atoms. The lowest BCUT2D eigenvalue weighted by atomic mass is 10.1. The maximum atomic E-state index is 12.4. The molecule has 0 atom stereocenters.